The van der Waals surface area contributed by atoms with Gasteiger partial charge in [0.05, 0.1) is 23.7 Å². The predicted octanol–water partition coefficient (Wildman–Crippen LogP) is 3.12. The highest BCUT2D eigenvalue weighted by Crippen LogP contribution is 2.24. The Hall–Kier alpha value is -3.44. The number of nitrogens with zero attached hydrogens (tertiary/aromatic N) is 4. The summed E-state index contributed by atoms with van der Waals surface area (Å²) in [4.78, 5) is 12.7. The summed E-state index contributed by atoms with van der Waals surface area (Å²) in [5.74, 6) is 1.54. The maximum Gasteiger partial charge on any atom is 0.227 e. The molecule has 0 aliphatic carbocycles. The van der Waals surface area contributed by atoms with Crippen LogP contribution in [0.5, 0.6) is 5.75 Å². The lowest BCUT2D eigenvalue weighted by Gasteiger charge is -2.18. The maximum atomic E-state index is 9.27. The van der Waals surface area contributed by atoms with Gasteiger partial charge in [-0.25, -0.2) is 15.0 Å². The van der Waals surface area contributed by atoms with Crippen LogP contribution in [-0.2, 0) is 0 Å². The average molecular weight is 364 g/mol. The molecule has 27 heavy (non-hydrogen) atoms. The average Bonchev–Trinajstić information content (AvgIpc) is 3.23. The smallest absolute Gasteiger partial charge is 0.227 e. The normalized spacial score (nSPS) is 11.6. The zero-order chi connectivity index (χ0) is 19.1. The molecule has 0 fully saturated rings. The quantitative estimate of drug-likeness (QED) is 0.627. The summed E-state index contributed by atoms with van der Waals surface area (Å²) >= 11 is 0. The first-order chi connectivity index (χ1) is 13.2. The van der Waals surface area contributed by atoms with Crippen LogP contribution in [-0.4, -0.2) is 34.6 Å². The lowest BCUT2D eigenvalue weighted by atomic mass is 10.2. The summed E-state index contributed by atoms with van der Waals surface area (Å²) in [6.07, 6.45) is 7.24. The van der Waals surface area contributed by atoms with E-state index >= 15 is 0 Å². The van der Waals surface area contributed by atoms with Crippen LogP contribution >= 0.6 is 0 Å². The van der Waals surface area contributed by atoms with Crippen molar-refractivity contribution in [3.8, 4) is 23.1 Å². The fourth-order valence-corrected chi connectivity index (χ4v) is 2.46. The van der Waals surface area contributed by atoms with Gasteiger partial charge < -0.3 is 19.8 Å². The van der Waals surface area contributed by atoms with E-state index in [4.69, 9.17) is 9.15 Å². The fraction of sp³-hybridized carbons (Fsp3) is 0.263. The molecule has 1 unspecified atom stereocenters. The van der Waals surface area contributed by atoms with Crippen molar-refractivity contribution in [3.05, 3.63) is 48.7 Å². The van der Waals surface area contributed by atoms with Crippen LogP contribution in [0.25, 0.3) is 11.3 Å². The van der Waals surface area contributed by atoms with Gasteiger partial charge in [-0.05, 0) is 25.6 Å². The van der Waals surface area contributed by atoms with Gasteiger partial charge in [0.2, 0.25) is 5.95 Å². The molecule has 3 rings (SSSR count). The topological polar surface area (TPSA) is 109 Å². The molecule has 0 aliphatic heterocycles. The van der Waals surface area contributed by atoms with Crippen molar-refractivity contribution in [2.45, 2.75) is 19.4 Å². The van der Waals surface area contributed by atoms with E-state index in [1.54, 1.807) is 30.9 Å². The van der Waals surface area contributed by atoms with E-state index in [2.05, 4.69) is 31.7 Å². The highest BCUT2D eigenvalue weighted by atomic mass is 16.5. The fourth-order valence-electron chi connectivity index (χ4n) is 2.46. The van der Waals surface area contributed by atoms with Gasteiger partial charge in [-0.2, -0.15) is 5.26 Å². The predicted molar refractivity (Wildman–Crippen MR) is 101 cm³/mol. The van der Waals surface area contributed by atoms with Gasteiger partial charge in [0, 0.05) is 25.0 Å². The minimum absolute atomic E-state index is 0.0528. The van der Waals surface area contributed by atoms with Crippen molar-refractivity contribution >= 4 is 11.6 Å². The summed E-state index contributed by atoms with van der Waals surface area (Å²) in [7, 11) is 1.86. The maximum absolute atomic E-state index is 9.27. The second-order valence-electron chi connectivity index (χ2n) is 5.79. The number of ether oxygens (including phenoxy) is 1. The summed E-state index contributed by atoms with van der Waals surface area (Å²) in [5, 5.41) is 15.4. The third-order valence-corrected chi connectivity index (χ3v) is 3.85. The number of furan rings is 1. The molecule has 0 amide bonds. The molecule has 2 N–H and O–H groups in total. The Morgan fingerprint density at radius 3 is 2.70 bits per heavy atom. The third kappa shape index (κ3) is 4.59. The number of pyridine rings is 1. The van der Waals surface area contributed by atoms with Gasteiger partial charge in [0.25, 0.3) is 0 Å². The molecule has 3 heterocycles. The molecule has 138 valence electrons. The second-order valence-corrected chi connectivity index (χ2v) is 5.79. The van der Waals surface area contributed by atoms with Crippen LogP contribution in [0.1, 0.15) is 19.0 Å². The van der Waals surface area contributed by atoms with Crippen molar-refractivity contribution < 1.29 is 9.15 Å². The van der Waals surface area contributed by atoms with Gasteiger partial charge in [0.1, 0.15) is 17.9 Å². The molecule has 3 aromatic heterocycles. The van der Waals surface area contributed by atoms with Crippen molar-refractivity contribution in [3.63, 3.8) is 0 Å². The summed E-state index contributed by atoms with van der Waals surface area (Å²) in [6, 6.07) is 7.44. The highest BCUT2D eigenvalue weighted by molar-refractivity contribution is 5.59. The number of likely N-dealkylation sites (N-methyl/N-ethyl adjacent to an activating group) is 1. The molecule has 0 bridgehead atoms. The minimum Gasteiger partial charge on any atom is -0.486 e. The van der Waals surface area contributed by atoms with Crippen LogP contribution in [0.15, 0.2) is 47.5 Å². The molecule has 0 radical (unpaired) electrons. The van der Waals surface area contributed by atoms with E-state index in [0.717, 1.165) is 12.0 Å². The molecular formula is C19H20N6O2. The van der Waals surface area contributed by atoms with Crippen molar-refractivity contribution in [2.75, 3.05) is 18.9 Å². The van der Waals surface area contributed by atoms with Crippen LogP contribution in [0.4, 0.5) is 11.6 Å². The number of nitrogens with one attached hydrogen (secondary N) is 2. The molecule has 0 aliphatic rings. The molecule has 0 saturated carbocycles. The lowest BCUT2D eigenvalue weighted by molar-refractivity contribution is 0.195. The first-order valence-electron chi connectivity index (χ1n) is 8.57. The molecule has 0 aromatic carbocycles. The molecule has 8 heteroatoms. The Morgan fingerprint density at radius 1 is 1.26 bits per heavy atom. The zero-order valence-electron chi connectivity index (χ0n) is 15.1. The number of rotatable bonds is 8. The number of anilines is 2. The SMILES string of the molecule is CCC(CNC)Oc1cc(Nc2ncc(-c3ccco3)cn2)cnc1C#N. The van der Waals surface area contributed by atoms with Crippen LogP contribution in [0.2, 0.25) is 0 Å². The van der Waals surface area contributed by atoms with E-state index in [1.807, 2.05) is 26.1 Å². The monoisotopic (exact) mass is 364 g/mol. The molecule has 1 atom stereocenters. The Morgan fingerprint density at radius 2 is 2.07 bits per heavy atom. The zero-order valence-corrected chi connectivity index (χ0v) is 15.1. The van der Waals surface area contributed by atoms with E-state index in [9.17, 15) is 5.26 Å². The number of aromatic nitrogens is 3. The Balaban J connectivity index is 1.76. The molecular weight excluding hydrogens is 344 g/mol. The van der Waals surface area contributed by atoms with E-state index in [-0.39, 0.29) is 11.8 Å². The Bertz CT molecular complexity index is 903. The minimum atomic E-state index is -0.0528. The van der Waals surface area contributed by atoms with Crippen molar-refractivity contribution in [1.82, 2.24) is 20.3 Å². The summed E-state index contributed by atoms with van der Waals surface area (Å²) in [5.41, 5.74) is 1.66. The Kier molecular flexibility index (Phi) is 5.97. The number of hydrogen-bond donors (Lipinski definition) is 2. The number of hydrogen-bond acceptors (Lipinski definition) is 8. The first kappa shape index (κ1) is 18.4. The van der Waals surface area contributed by atoms with Gasteiger partial charge in [-0.1, -0.05) is 6.92 Å². The van der Waals surface area contributed by atoms with E-state index < -0.39 is 0 Å². The molecule has 8 nitrogen and oxygen atoms in total. The lowest BCUT2D eigenvalue weighted by Crippen LogP contribution is -2.28. The van der Waals surface area contributed by atoms with Gasteiger partial charge in [-0.3, -0.25) is 0 Å². The van der Waals surface area contributed by atoms with Gasteiger partial charge >= 0.3 is 0 Å². The van der Waals surface area contributed by atoms with E-state index in [1.165, 1.54) is 0 Å². The summed E-state index contributed by atoms with van der Waals surface area (Å²) in [6.45, 7) is 2.70. The van der Waals surface area contributed by atoms with Crippen molar-refractivity contribution in [2.24, 2.45) is 0 Å². The largest absolute Gasteiger partial charge is 0.486 e. The first-order valence-corrected chi connectivity index (χ1v) is 8.57. The van der Waals surface area contributed by atoms with Crippen molar-refractivity contribution in [1.29, 1.82) is 5.26 Å². The van der Waals surface area contributed by atoms with Crippen LogP contribution in [0, 0.1) is 11.3 Å². The van der Waals surface area contributed by atoms with Gasteiger partial charge in [0.15, 0.2) is 11.4 Å². The van der Waals surface area contributed by atoms with E-state index in [0.29, 0.717) is 29.7 Å². The van der Waals surface area contributed by atoms with Crippen LogP contribution < -0.4 is 15.4 Å². The number of nitriles is 1. The second kappa shape index (κ2) is 8.78. The van der Waals surface area contributed by atoms with Crippen LogP contribution in [0.3, 0.4) is 0 Å². The third-order valence-electron chi connectivity index (χ3n) is 3.85. The molecule has 3 aromatic rings. The van der Waals surface area contributed by atoms with Gasteiger partial charge in [-0.15, -0.1) is 0 Å². The summed E-state index contributed by atoms with van der Waals surface area (Å²) < 4.78 is 11.3. The highest BCUT2D eigenvalue weighted by Gasteiger charge is 2.13. The molecule has 0 saturated heterocycles. The molecule has 0 spiro atoms. The Labute approximate surface area is 157 Å². The standard InChI is InChI=1S/C19H20N6O2/c1-3-15(12-21-2)27-18-7-14(11-22-16(18)8-20)25-19-23-9-13(10-24-19)17-5-4-6-26-17/h4-7,9-11,15,21H,3,12H2,1-2H3,(H,23,24,25).